The summed E-state index contributed by atoms with van der Waals surface area (Å²) in [4.78, 5) is 50.7. The molecule has 9 heterocycles. The molecule has 0 fully saturated rings. The Morgan fingerprint density at radius 1 is 0.315 bits per heavy atom. The maximum absolute atomic E-state index is 12.7. The summed E-state index contributed by atoms with van der Waals surface area (Å²) in [7, 11) is 0. The molecule has 54 heavy (non-hydrogen) atoms. The van der Waals surface area contributed by atoms with Gasteiger partial charge in [-0.2, -0.15) is 0 Å². The van der Waals surface area contributed by atoms with Crippen LogP contribution in [-0.2, 0) is 26.4 Å². The monoisotopic (exact) mass is 712 g/mol. The Labute approximate surface area is 311 Å². The van der Waals surface area contributed by atoms with Gasteiger partial charge in [0.05, 0.1) is 22.3 Å². The van der Waals surface area contributed by atoms with Crippen LogP contribution in [0.2, 0.25) is 0 Å². The molecule has 8 heteroatoms. The van der Waals surface area contributed by atoms with E-state index in [1.54, 1.807) is 48.5 Å². The Kier molecular flexibility index (Phi) is 9.39. The molecule has 0 N–H and O–H groups in total. The van der Waals surface area contributed by atoms with Gasteiger partial charge in [-0.15, -0.1) is 0 Å². The molecule has 0 amide bonds. The normalized spacial score (nSPS) is 13.3. The minimum Gasteiger partial charge on any atom is -0.488 e. The maximum atomic E-state index is 12.7. The van der Waals surface area contributed by atoms with E-state index in [1.165, 1.54) is 0 Å². The van der Waals surface area contributed by atoms with Crippen molar-refractivity contribution in [3.8, 4) is 23.0 Å². The highest BCUT2D eigenvalue weighted by Crippen LogP contribution is 2.41. The summed E-state index contributed by atoms with van der Waals surface area (Å²) < 4.78 is 24.6. The second-order valence-electron chi connectivity index (χ2n) is 13.0. The van der Waals surface area contributed by atoms with Gasteiger partial charge in [0.1, 0.15) is 49.4 Å². The van der Waals surface area contributed by atoms with E-state index in [0.717, 1.165) is 47.4 Å². The van der Waals surface area contributed by atoms with Crippen LogP contribution in [0, 0.1) is 0 Å². The fourth-order valence-corrected chi connectivity index (χ4v) is 6.73. The standard InChI is InChI=1S/C46H32O8/c47-21-37-17-33-9-13-41(37)51-25-29-1-2-30(4-3-29)26-52-42-14-10-34(18-38(42)22-48)46-36-12-16-44(40(20-36)24-50)54-28-32-7-5-31(6-8-32)27-53-43-15-11-35(45(33)46)19-39(43)23-49/h1-24H,25-28H2. The van der Waals surface area contributed by atoms with E-state index >= 15 is 0 Å². The van der Waals surface area contributed by atoms with Crippen LogP contribution in [0.5, 0.6) is 23.0 Å². The summed E-state index contributed by atoms with van der Waals surface area (Å²) >= 11 is 0. The molecule has 264 valence electrons. The van der Waals surface area contributed by atoms with Gasteiger partial charge in [-0.1, -0.05) is 72.8 Å². The molecule has 12 bridgehead atoms. The average molecular weight is 713 g/mol. The van der Waals surface area contributed by atoms with Gasteiger partial charge in [0.15, 0.2) is 25.1 Å². The van der Waals surface area contributed by atoms with Crippen molar-refractivity contribution in [3.63, 3.8) is 0 Å². The number of hydrogen-bond donors (Lipinski definition) is 0. The molecule has 0 aliphatic carbocycles. The van der Waals surface area contributed by atoms with Crippen molar-refractivity contribution in [2.75, 3.05) is 0 Å². The first-order valence-corrected chi connectivity index (χ1v) is 17.3. The highest BCUT2D eigenvalue weighted by atomic mass is 16.5. The van der Waals surface area contributed by atoms with Crippen molar-refractivity contribution >= 4 is 36.3 Å². The van der Waals surface area contributed by atoms with Crippen molar-refractivity contribution in [1.82, 2.24) is 0 Å². The van der Waals surface area contributed by atoms with Crippen LogP contribution >= 0.6 is 0 Å². The Morgan fingerprint density at radius 3 is 0.741 bits per heavy atom. The zero-order valence-electron chi connectivity index (χ0n) is 29.0. The lowest BCUT2D eigenvalue weighted by Crippen LogP contribution is -2.05. The zero-order chi connectivity index (χ0) is 37.0. The van der Waals surface area contributed by atoms with Crippen molar-refractivity contribution in [1.29, 1.82) is 0 Å². The molecule has 15 rings (SSSR count). The maximum Gasteiger partial charge on any atom is 0.153 e. The summed E-state index contributed by atoms with van der Waals surface area (Å²) in [5.41, 5.74) is 8.52. The lowest BCUT2D eigenvalue weighted by molar-refractivity contribution is 0.111. The first-order chi connectivity index (χ1) is 26.5. The smallest absolute Gasteiger partial charge is 0.153 e. The molecule has 8 nitrogen and oxygen atoms in total. The fraction of sp³-hybridized carbons (Fsp3) is 0.0870. The number of carbonyl (C=O) groups excluding carboxylic acids is 4. The molecule has 0 radical (unpaired) electrons. The van der Waals surface area contributed by atoms with E-state index in [1.807, 2.05) is 72.8 Å². The van der Waals surface area contributed by atoms with Crippen LogP contribution in [0.15, 0.2) is 121 Å². The zero-order valence-corrected chi connectivity index (χ0v) is 29.0. The summed E-state index contributed by atoms with van der Waals surface area (Å²) in [5, 5.41) is 0. The third kappa shape index (κ3) is 6.80. The van der Waals surface area contributed by atoms with Gasteiger partial charge in [0, 0.05) is 0 Å². The fourth-order valence-electron chi connectivity index (χ4n) is 6.73. The minimum absolute atomic E-state index is 0.225. The summed E-state index contributed by atoms with van der Waals surface area (Å²) in [5.74, 6) is 1.58. The van der Waals surface area contributed by atoms with E-state index in [9.17, 15) is 19.2 Å². The molecule has 0 spiro atoms. The molecule has 0 aromatic heterocycles. The Morgan fingerprint density at radius 2 is 0.537 bits per heavy atom. The number of benzene rings is 6. The molecule has 6 aromatic carbocycles. The van der Waals surface area contributed by atoms with E-state index in [-0.39, 0.29) is 26.4 Å². The first kappa shape index (κ1) is 34.0. The molecule has 0 saturated heterocycles. The Hall–Kier alpha value is -7.06. The van der Waals surface area contributed by atoms with Gasteiger partial charge in [0.2, 0.25) is 0 Å². The number of aldehydes is 4. The Balaban J connectivity index is 1.44. The Bertz CT molecular complexity index is 2120. The molecule has 0 unspecified atom stereocenters. The first-order valence-electron chi connectivity index (χ1n) is 17.3. The van der Waals surface area contributed by atoms with Crippen molar-refractivity contribution in [3.05, 3.63) is 188 Å². The van der Waals surface area contributed by atoms with Crippen LogP contribution in [0.25, 0.3) is 11.1 Å². The van der Waals surface area contributed by atoms with Gasteiger partial charge in [0.25, 0.3) is 0 Å². The van der Waals surface area contributed by atoms with E-state index in [0.29, 0.717) is 78.7 Å². The number of fused-ring (bicyclic) bond motifs is 4. The highest BCUT2D eigenvalue weighted by molar-refractivity contribution is 6.07. The number of carbonyl (C=O) groups is 4. The lowest BCUT2D eigenvalue weighted by atomic mass is 9.84. The van der Waals surface area contributed by atoms with Gasteiger partial charge in [-0.05, 0) is 104 Å². The molecule has 0 saturated carbocycles. The number of ether oxygens (including phenoxy) is 4. The van der Waals surface area contributed by atoms with Crippen molar-refractivity contribution in [2.24, 2.45) is 0 Å². The molecule has 6 aromatic rings. The van der Waals surface area contributed by atoms with Gasteiger partial charge >= 0.3 is 0 Å². The van der Waals surface area contributed by atoms with E-state index < -0.39 is 0 Å². The number of hydrogen-bond acceptors (Lipinski definition) is 8. The quantitative estimate of drug-likeness (QED) is 0.167. The van der Waals surface area contributed by atoms with Crippen molar-refractivity contribution in [2.45, 2.75) is 26.4 Å². The van der Waals surface area contributed by atoms with Gasteiger partial charge in [-0.3, -0.25) is 19.2 Å². The van der Waals surface area contributed by atoms with Crippen LogP contribution in [0.3, 0.4) is 0 Å². The lowest BCUT2D eigenvalue weighted by Gasteiger charge is -2.22. The molecule has 0 atom stereocenters. The summed E-state index contributed by atoms with van der Waals surface area (Å²) in [6.45, 7) is 0.898. The average Bonchev–Trinajstić information content (AvgIpc) is 3.22. The predicted octanol–water partition coefficient (Wildman–Crippen LogP) is 8.89. The molecule has 9 aliphatic heterocycles. The second-order valence-corrected chi connectivity index (χ2v) is 13.0. The van der Waals surface area contributed by atoms with E-state index in [4.69, 9.17) is 18.9 Å². The molecular weight excluding hydrogens is 680 g/mol. The summed E-state index contributed by atoms with van der Waals surface area (Å²) in [6.07, 6.45) is 2.98. The third-order valence-electron chi connectivity index (χ3n) is 9.58. The topological polar surface area (TPSA) is 105 Å². The SMILES string of the molecule is O=Cc1cc2ccc1OCc1ccc(cc1)COc1ccc(cc1C=O)C1=C2c2ccc(c(C=O)c2)OCc2ccc(cc2)COc2ccc1cc2C=O. The van der Waals surface area contributed by atoms with Crippen LogP contribution < -0.4 is 18.9 Å². The second kappa shape index (κ2) is 14.9. The minimum atomic E-state index is 0.225. The third-order valence-corrected chi connectivity index (χ3v) is 9.58. The predicted molar refractivity (Wildman–Crippen MR) is 203 cm³/mol. The number of rotatable bonds is 4. The van der Waals surface area contributed by atoms with Crippen molar-refractivity contribution < 1.29 is 38.1 Å². The van der Waals surface area contributed by atoms with Crippen LogP contribution in [0.4, 0.5) is 0 Å². The molecule has 9 aliphatic rings. The van der Waals surface area contributed by atoms with Crippen LogP contribution in [-0.4, -0.2) is 25.1 Å². The van der Waals surface area contributed by atoms with Gasteiger partial charge in [-0.25, -0.2) is 0 Å². The largest absolute Gasteiger partial charge is 0.488 e. The van der Waals surface area contributed by atoms with Gasteiger partial charge < -0.3 is 18.9 Å². The van der Waals surface area contributed by atoms with Crippen LogP contribution in [0.1, 0.15) is 85.9 Å². The van der Waals surface area contributed by atoms with E-state index in [2.05, 4.69) is 0 Å². The molecular formula is C46H32O8. The highest BCUT2D eigenvalue weighted by Gasteiger charge is 2.22. The summed E-state index contributed by atoms with van der Waals surface area (Å²) in [6, 6.07) is 36.7.